The normalized spacial score (nSPS) is 11.9. The largest absolute Gasteiger partial charge is 0.557 e. The Hall–Kier alpha value is -4.55. The zero-order valence-corrected chi connectivity index (χ0v) is 39.1. The predicted octanol–water partition coefficient (Wildman–Crippen LogP) is 13.4. The van der Waals surface area contributed by atoms with Crippen molar-refractivity contribution in [2.75, 3.05) is 0 Å². The van der Waals surface area contributed by atoms with Gasteiger partial charge in [-0.15, -0.1) is 6.07 Å². The molecule has 0 aliphatic heterocycles. The summed E-state index contributed by atoms with van der Waals surface area (Å²) in [6.45, 7) is 13.6. The van der Waals surface area contributed by atoms with Gasteiger partial charge in [0.1, 0.15) is 0 Å². The van der Waals surface area contributed by atoms with E-state index in [-0.39, 0.29) is 31.9 Å². The van der Waals surface area contributed by atoms with Crippen molar-refractivity contribution < 1.29 is 25.9 Å². The number of fused-ring (bicyclic) bond motifs is 2. The first kappa shape index (κ1) is 40.6. The second-order valence-corrected chi connectivity index (χ2v) is 27.4. The van der Waals surface area contributed by atoms with Crippen LogP contribution in [0.15, 0.2) is 132 Å². The van der Waals surface area contributed by atoms with Crippen molar-refractivity contribution in [3.63, 3.8) is 0 Å². The molecule has 0 N–H and O–H groups in total. The summed E-state index contributed by atoms with van der Waals surface area (Å²) in [5.74, 6) is 9.35. The summed E-state index contributed by atoms with van der Waals surface area (Å²) in [4.78, 5) is 9.80. The van der Waals surface area contributed by atoms with Gasteiger partial charge in [0, 0.05) is 37.6 Å². The molecule has 8 aromatic rings. The molecule has 57 heavy (non-hydrogen) atoms. The van der Waals surface area contributed by atoms with Gasteiger partial charge in [-0.1, -0.05) is 99.3 Å². The number of hydrogen-bond acceptors (Lipinski definition) is 3. The summed E-state index contributed by atoms with van der Waals surface area (Å²) in [5.41, 5.74) is 13.2. The van der Waals surface area contributed by atoms with Crippen LogP contribution >= 0.6 is 0 Å². The number of hydrogen-bond donors (Lipinski definition) is 0. The quantitative estimate of drug-likeness (QED) is 0.107. The second-order valence-electron chi connectivity index (χ2n) is 16.8. The minimum Gasteiger partial charge on any atom is -0.557 e. The number of benzene rings is 5. The molecule has 0 aliphatic carbocycles. The first-order chi connectivity index (χ1) is 27.3. The molecular weight excluding hydrogens is 935 g/mol. The Morgan fingerprint density at radius 2 is 1.46 bits per heavy atom. The van der Waals surface area contributed by atoms with Crippen LogP contribution < -0.4 is 4.40 Å². The maximum absolute atomic E-state index is 8.20. The van der Waals surface area contributed by atoms with E-state index in [1.807, 2.05) is 36.4 Å². The van der Waals surface area contributed by atoms with E-state index in [4.69, 9.17) is 15.8 Å². The summed E-state index contributed by atoms with van der Waals surface area (Å²) in [7, 11) is 0. The smallest absolute Gasteiger partial charge is 0.0774 e. The van der Waals surface area contributed by atoms with Gasteiger partial charge in [0.25, 0.3) is 0 Å². The van der Waals surface area contributed by atoms with Gasteiger partial charge in [-0.05, 0) is 58.4 Å². The van der Waals surface area contributed by atoms with Gasteiger partial charge in [-0.2, -0.15) is 0 Å². The van der Waals surface area contributed by atoms with Gasteiger partial charge in [0.2, 0.25) is 0 Å². The molecule has 0 unspecified atom stereocenters. The Morgan fingerprint density at radius 3 is 2.11 bits per heavy atom. The summed E-state index contributed by atoms with van der Waals surface area (Å²) in [5, 5.41) is 0.849. The molecule has 0 saturated carbocycles. The first-order valence-electron chi connectivity index (χ1n) is 20.4. The molecular formula is C51H53GeIrN3O-2. The van der Waals surface area contributed by atoms with Gasteiger partial charge in [0.15, 0.2) is 0 Å². The molecule has 8 rings (SSSR count). The molecule has 0 aliphatic rings. The van der Waals surface area contributed by atoms with Crippen molar-refractivity contribution in [1.29, 1.82) is 0 Å². The third kappa shape index (κ3) is 9.12. The average molecular weight is 990 g/mol. The average Bonchev–Trinajstić information content (AvgIpc) is 3.78. The Bertz CT molecular complexity index is 2610. The van der Waals surface area contributed by atoms with Gasteiger partial charge in [0.05, 0.1) is 18.2 Å². The van der Waals surface area contributed by atoms with Crippen LogP contribution in [-0.2, 0) is 26.5 Å². The fourth-order valence-corrected chi connectivity index (χ4v) is 10.9. The molecule has 4 nitrogen and oxygen atoms in total. The van der Waals surface area contributed by atoms with Crippen molar-refractivity contribution in [3.8, 4) is 39.5 Å². The van der Waals surface area contributed by atoms with Crippen LogP contribution in [-0.4, -0.2) is 27.8 Å². The molecule has 5 aromatic carbocycles. The molecule has 0 saturated heterocycles. The molecule has 0 bridgehead atoms. The standard InChI is InChI=1S/C33H29N2O.C18H24GeN.Ir/c1-21(2)26-18-24(23-12-6-5-7-13-23)19-27(22(3)4)32(26)35-30-16-10-9-15-29(30)34-33(35)28-20-36-31-17-11-8-14-25(28)31;1-14(2)11-16-12-18(15-9-7-6-8-10-15)20-13-17(16)19(3,4)5;/h5-19,21-22H,1-4H3;6-9,12-14H,11H2,1-5H3;/q2*-1;/i8D;;. The molecule has 0 fully saturated rings. The fourth-order valence-electron chi connectivity index (χ4n) is 7.54. The molecule has 0 atom stereocenters. The summed E-state index contributed by atoms with van der Waals surface area (Å²) in [6, 6.07) is 43.0. The van der Waals surface area contributed by atoms with E-state index in [9.17, 15) is 0 Å². The molecule has 0 amide bonds. The topological polar surface area (TPSA) is 43.9 Å². The molecule has 6 heteroatoms. The Labute approximate surface area is 356 Å². The summed E-state index contributed by atoms with van der Waals surface area (Å²) in [6.07, 6.45) is 6.39. The van der Waals surface area contributed by atoms with Gasteiger partial charge in [-0.3, -0.25) is 4.98 Å². The van der Waals surface area contributed by atoms with E-state index in [1.165, 1.54) is 27.8 Å². The van der Waals surface area contributed by atoms with E-state index < -0.39 is 13.3 Å². The van der Waals surface area contributed by atoms with Crippen molar-refractivity contribution in [3.05, 3.63) is 157 Å². The summed E-state index contributed by atoms with van der Waals surface area (Å²) < 4.78 is 17.8. The monoisotopic (exact) mass is 991 g/mol. The molecule has 0 spiro atoms. The zero-order chi connectivity index (χ0) is 40.4. The molecule has 1 radical (unpaired) electrons. The minimum absolute atomic E-state index is 0. The molecule has 3 aromatic heterocycles. The fraction of sp³-hybridized carbons (Fsp3) is 0.255. The third-order valence-electron chi connectivity index (χ3n) is 10.3. The van der Waals surface area contributed by atoms with Crippen molar-refractivity contribution in [2.45, 2.75) is 77.1 Å². The number of imidazole rings is 1. The molecule has 3 heterocycles. The SMILES string of the molecule is CC(C)Cc1cc(-c2[c-]cccc2)nc[c]1[Ge]([CH3])([CH3])[CH3].[2H]c1ccc2o[c-]c(-c3nc4ccccc4n3-c3c(C(C)C)cc(-c4ccccc4)cc3C(C)C)c2c1.[Ir]. The van der Waals surface area contributed by atoms with Crippen LogP contribution in [0.4, 0.5) is 0 Å². The summed E-state index contributed by atoms with van der Waals surface area (Å²) >= 11 is -1.86. The Morgan fingerprint density at radius 1 is 0.772 bits per heavy atom. The van der Waals surface area contributed by atoms with Gasteiger partial charge < -0.3 is 8.98 Å². The maximum atomic E-state index is 8.20. The zero-order valence-electron chi connectivity index (χ0n) is 35.6. The van der Waals surface area contributed by atoms with Crippen LogP contribution in [0.2, 0.25) is 17.3 Å². The number of aromatic nitrogens is 3. The molecule has 293 valence electrons. The number of furan rings is 1. The van der Waals surface area contributed by atoms with Crippen LogP contribution in [0.25, 0.3) is 61.5 Å². The van der Waals surface area contributed by atoms with Crippen LogP contribution in [0.1, 0.15) is 71.4 Å². The van der Waals surface area contributed by atoms with E-state index >= 15 is 0 Å². The number of rotatable bonds is 9. The van der Waals surface area contributed by atoms with Gasteiger partial charge >= 0.3 is 126 Å². The second kappa shape index (κ2) is 17.9. The Kier molecular flexibility index (Phi) is 12.8. The van der Waals surface area contributed by atoms with Crippen molar-refractivity contribution in [2.24, 2.45) is 5.92 Å². The van der Waals surface area contributed by atoms with E-state index in [2.05, 4.69) is 155 Å². The van der Waals surface area contributed by atoms with E-state index in [0.29, 0.717) is 17.5 Å². The first-order valence-corrected chi connectivity index (χ1v) is 27.2. The van der Waals surface area contributed by atoms with Crippen LogP contribution in [0.5, 0.6) is 0 Å². The van der Waals surface area contributed by atoms with Gasteiger partial charge in [-0.25, -0.2) is 0 Å². The van der Waals surface area contributed by atoms with Crippen LogP contribution in [0.3, 0.4) is 0 Å². The Balaban J connectivity index is 0.000000230. The van der Waals surface area contributed by atoms with Crippen LogP contribution in [0, 0.1) is 18.2 Å². The van der Waals surface area contributed by atoms with Crippen molar-refractivity contribution in [1.82, 2.24) is 14.5 Å². The van der Waals surface area contributed by atoms with Crippen molar-refractivity contribution >= 4 is 39.7 Å². The minimum atomic E-state index is -1.86. The number of pyridine rings is 1. The maximum Gasteiger partial charge on any atom is 0.0774 e. The third-order valence-corrected chi connectivity index (χ3v) is 14.6. The predicted molar refractivity (Wildman–Crippen MR) is 239 cm³/mol. The van der Waals surface area contributed by atoms with E-state index in [1.54, 1.807) is 10.5 Å². The van der Waals surface area contributed by atoms with E-state index in [0.717, 1.165) is 51.2 Å². The number of nitrogens with zero attached hydrogens (tertiary/aromatic N) is 3. The number of para-hydroxylation sites is 3.